The summed E-state index contributed by atoms with van der Waals surface area (Å²) in [6.07, 6.45) is 0.930. The van der Waals surface area contributed by atoms with Gasteiger partial charge in [0.2, 0.25) is 5.91 Å². The summed E-state index contributed by atoms with van der Waals surface area (Å²) in [5.41, 5.74) is 0. The van der Waals surface area contributed by atoms with Crippen LogP contribution in [-0.2, 0) is 16.0 Å². The Morgan fingerprint density at radius 1 is 1.62 bits per heavy atom. The van der Waals surface area contributed by atoms with E-state index in [0.29, 0.717) is 5.76 Å². The number of amides is 1. The molecule has 0 radical (unpaired) electrons. The summed E-state index contributed by atoms with van der Waals surface area (Å²) in [6, 6.07) is 2.69. The van der Waals surface area contributed by atoms with E-state index in [-0.39, 0.29) is 12.3 Å². The lowest BCUT2D eigenvalue weighted by molar-refractivity contribution is -0.140. The van der Waals surface area contributed by atoms with E-state index in [1.165, 1.54) is 0 Å². The Morgan fingerprint density at radius 2 is 2.38 bits per heavy atom. The number of carbonyl (C=O) groups is 2. The van der Waals surface area contributed by atoms with Crippen LogP contribution in [0.15, 0.2) is 16.5 Å². The predicted molar refractivity (Wildman–Crippen MR) is 55.0 cm³/mol. The van der Waals surface area contributed by atoms with Crippen LogP contribution < -0.4 is 5.32 Å². The first-order chi connectivity index (χ1) is 7.61. The molecule has 1 amide bonds. The molecule has 2 N–H and O–H groups in total. The Kier molecular flexibility index (Phi) is 2.68. The van der Waals surface area contributed by atoms with Crippen LogP contribution >= 0.6 is 0 Å². The van der Waals surface area contributed by atoms with Gasteiger partial charge < -0.3 is 14.8 Å². The van der Waals surface area contributed by atoms with Crippen molar-refractivity contribution in [1.29, 1.82) is 0 Å². The van der Waals surface area contributed by atoms with Gasteiger partial charge in [0, 0.05) is 12.8 Å². The summed E-state index contributed by atoms with van der Waals surface area (Å²) in [7, 11) is 0. The zero-order valence-corrected chi connectivity index (χ0v) is 8.90. The zero-order valence-electron chi connectivity index (χ0n) is 8.90. The molecule has 5 heteroatoms. The first-order valence-electron chi connectivity index (χ1n) is 5.22. The minimum Gasteiger partial charge on any atom is -0.480 e. The SMILES string of the molecule is CCc1ccc(C2CC(=O)NC2C(=O)O)o1. The molecule has 2 atom stereocenters. The maximum Gasteiger partial charge on any atom is 0.326 e. The Labute approximate surface area is 92.4 Å². The second-order valence-electron chi connectivity index (χ2n) is 3.85. The van der Waals surface area contributed by atoms with Crippen molar-refractivity contribution in [3.8, 4) is 0 Å². The molecule has 1 aromatic rings. The standard InChI is InChI=1S/C11H13NO4/c1-2-6-3-4-8(16-6)7-5-9(13)12-10(7)11(14)15/h3-4,7,10H,2,5H2,1H3,(H,12,13)(H,14,15). The maximum absolute atomic E-state index is 11.2. The van der Waals surface area contributed by atoms with Crippen molar-refractivity contribution in [1.82, 2.24) is 5.32 Å². The van der Waals surface area contributed by atoms with Crippen LogP contribution in [0, 0.1) is 0 Å². The van der Waals surface area contributed by atoms with E-state index < -0.39 is 17.9 Å². The van der Waals surface area contributed by atoms with Crippen molar-refractivity contribution in [2.45, 2.75) is 31.7 Å². The highest BCUT2D eigenvalue weighted by Crippen LogP contribution is 2.30. The second-order valence-corrected chi connectivity index (χ2v) is 3.85. The number of rotatable bonds is 3. The summed E-state index contributed by atoms with van der Waals surface area (Å²) >= 11 is 0. The summed E-state index contributed by atoms with van der Waals surface area (Å²) in [5.74, 6) is -0.288. The fraction of sp³-hybridized carbons (Fsp3) is 0.455. The van der Waals surface area contributed by atoms with Gasteiger partial charge in [-0.2, -0.15) is 0 Å². The van der Waals surface area contributed by atoms with Gasteiger partial charge in [0.05, 0.1) is 5.92 Å². The topological polar surface area (TPSA) is 79.5 Å². The summed E-state index contributed by atoms with van der Waals surface area (Å²) < 4.78 is 5.49. The molecule has 1 aliphatic heterocycles. The zero-order chi connectivity index (χ0) is 11.7. The quantitative estimate of drug-likeness (QED) is 0.797. The molecule has 0 saturated carbocycles. The van der Waals surface area contributed by atoms with Gasteiger partial charge >= 0.3 is 5.97 Å². The fourth-order valence-corrected chi connectivity index (χ4v) is 1.93. The van der Waals surface area contributed by atoms with Crippen molar-refractivity contribution >= 4 is 11.9 Å². The minimum absolute atomic E-state index is 0.174. The third kappa shape index (κ3) is 1.80. The van der Waals surface area contributed by atoms with Gasteiger partial charge in [0.15, 0.2) is 0 Å². The van der Waals surface area contributed by atoms with Crippen molar-refractivity contribution < 1.29 is 19.1 Å². The molecule has 2 heterocycles. The average Bonchev–Trinajstić information content (AvgIpc) is 2.82. The first-order valence-corrected chi connectivity index (χ1v) is 5.22. The smallest absolute Gasteiger partial charge is 0.326 e. The predicted octanol–water partition coefficient (Wildman–Crippen LogP) is 0.899. The highest BCUT2D eigenvalue weighted by Gasteiger charge is 2.40. The molecular weight excluding hydrogens is 210 g/mol. The number of nitrogens with one attached hydrogen (secondary N) is 1. The second kappa shape index (κ2) is 4.00. The molecule has 5 nitrogen and oxygen atoms in total. The van der Waals surface area contributed by atoms with Gasteiger partial charge in [-0.15, -0.1) is 0 Å². The van der Waals surface area contributed by atoms with Crippen molar-refractivity contribution in [3.63, 3.8) is 0 Å². The van der Waals surface area contributed by atoms with E-state index in [1.54, 1.807) is 6.07 Å². The number of carboxylic acids is 1. The van der Waals surface area contributed by atoms with Crippen LogP contribution in [0.2, 0.25) is 0 Å². The number of aliphatic carboxylic acids is 1. The highest BCUT2D eigenvalue weighted by molar-refractivity contribution is 5.89. The largest absolute Gasteiger partial charge is 0.480 e. The molecule has 2 unspecified atom stereocenters. The monoisotopic (exact) mass is 223 g/mol. The molecule has 16 heavy (non-hydrogen) atoms. The first kappa shape index (κ1) is 10.7. The molecule has 1 saturated heterocycles. The Balaban J connectivity index is 2.24. The van der Waals surface area contributed by atoms with Gasteiger partial charge in [0.25, 0.3) is 0 Å². The van der Waals surface area contributed by atoms with Crippen LogP contribution in [0.25, 0.3) is 0 Å². The fourth-order valence-electron chi connectivity index (χ4n) is 1.93. The van der Waals surface area contributed by atoms with E-state index in [0.717, 1.165) is 12.2 Å². The molecule has 0 aliphatic carbocycles. The Bertz CT molecular complexity index is 423. The van der Waals surface area contributed by atoms with E-state index in [2.05, 4.69) is 5.32 Å². The summed E-state index contributed by atoms with van der Waals surface area (Å²) in [4.78, 5) is 22.2. The Morgan fingerprint density at radius 3 is 2.94 bits per heavy atom. The van der Waals surface area contributed by atoms with Gasteiger partial charge in [-0.05, 0) is 12.1 Å². The molecule has 0 spiro atoms. The number of hydrogen-bond acceptors (Lipinski definition) is 3. The van der Waals surface area contributed by atoms with Gasteiger partial charge in [-0.25, -0.2) is 4.79 Å². The summed E-state index contributed by atoms with van der Waals surface area (Å²) in [5, 5.41) is 11.4. The van der Waals surface area contributed by atoms with Crippen molar-refractivity contribution in [2.24, 2.45) is 0 Å². The number of hydrogen-bond donors (Lipinski definition) is 2. The average molecular weight is 223 g/mol. The highest BCUT2D eigenvalue weighted by atomic mass is 16.4. The maximum atomic E-state index is 11.2. The normalized spacial score (nSPS) is 24.4. The van der Waals surface area contributed by atoms with Gasteiger partial charge in [0.1, 0.15) is 17.6 Å². The lowest BCUT2D eigenvalue weighted by Crippen LogP contribution is -2.35. The number of carbonyl (C=O) groups excluding carboxylic acids is 1. The van der Waals surface area contributed by atoms with Gasteiger partial charge in [-0.3, -0.25) is 4.79 Å². The third-order valence-electron chi connectivity index (χ3n) is 2.79. The molecule has 2 rings (SSSR count). The molecule has 0 aromatic carbocycles. The van der Waals surface area contributed by atoms with Crippen LogP contribution in [0.3, 0.4) is 0 Å². The minimum atomic E-state index is -1.02. The van der Waals surface area contributed by atoms with Crippen LogP contribution in [0.4, 0.5) is 0 Å². The van der Waals surface area contributed by atoms with Gasteiger partial charge in [-0.1, -0.05) is 6.92 Å². The number of aryl methyl sites for hydroxylation is 1. The molecule has 1 aromatic heterocycles. The lowest BCUT2D eigenvalue weighted by Gasteiger charge is -2.11. The Hall–Kier alpha value is -1.78. The van der Waals surface area contributed by atoms with E-state index in [9.17, 15) is 9.59 Å². The van der Waals surface area contributed by atoms with Crippen LogP contribution in [0.1, 0.15) is 30.8 Å². The number of furan rings is 1. The molecule has 1 fully saturated rings. The summed E-state index contributed by atoms with van der Waals surface area (Å²) in [6.45, 7) is 1.95. The van der Waals surface area contributed by atoms with Crippen LogP contribution in [-0.4, -0.2) is 23.0 Å². The van der Waals surface area contributed by atoms with E-state index in [1.807, 2.05) is 13.0 Å². The third-order valence-corrected chi connectivity index (χ3v) is 2.79. The van der Waals surface area contributed by atoms with E-state index in [4.69, 9.17) is 9.52 Å². The molecule has 86 valence electrons. The van der Waals surface area contributed by atoms with Crippen molar-refractivity contribution in [3.05, 3.63) is 23.7 Å². The van der Waals surface area contributed by atoms with Crippen LogP contribution in [0.5, 0.6) is 0 Å². The molecule has 1 aliphatic rings. The molecular formula is C11H13NO4. The van der Waals surface area contributed by atoms with E-state index >= 15 is 0 Å². The van der Waals surface area contributed by atoms with Crippen molar-refractivity contribution in [2.75, 3.05) is 0 Å². The lowest BCUT2D eigenvalue weighted by atomic mass is 9.98. The number of carboxylic acid groups (broad SMARTS) is 1. The molecule has 0 bridgehead atoms.